The SMILES string of the molecule is CNCC(c1cccc(OC)c1)C1CCS(=O)(=O)CC1. The average Bonchev–Trinajstić information content (AvgIpc) is 2.45. The maximum atomic E-state index is 11.6. The minimum atomic E-state index is -2.80. The molecule has 1 fully saturated rings. The maximum Gasteiger partial charge on any atom is 0.150 e. The Morgan fingerprint density at radius 1 is 1.35 bits per heavy atom. The number of hydrogen-bond donors (Lipinski definition) is 1. The number of ether oxygens (including phenoxy) is 1. The molecule has 2 rings (SSSR count). The molecule has 0 radical (unpaired) electrons. The van der Waals surface area contributed by atoms with Crippen molar-refractivity contribution in [3.05, 3.63) is 29.8 Å². The second-order valence-electron chi connectivity index (χ2n) is 5.43. The van der Waals surface area contributed by atoms with Gasteiger partial charge in [0.1, 0.15) is 15.6 Å². The lowest BCUT2D eigenvalue weighted by atomic mass is 9.82. The summed E-state index contributed by atoms with van der Waals surface area (Å²) in [6.45, 7) is 0.859. The second kappa shape index (κ2) is 6.59. The largest absolute Gasteiger partial charge is 0.497 e. The van der Waals surface area contributed by atoms with Gasteiger partial charge < -0.3 is 10.1 Å². The monoisotopic (exact) mass is 297 g/mol. The van der Waals surface area contributed by atoms with Gasteiger partial charge in [-0.1, -0.05) is 12.1 Å². The molecule has 4 nitrogen and oxygen atoms in total. The highest BCUT2D eigenvalue weighted by Gasteiger charge is 2.30. The quantitative estimate of drug-likeness (QED) is 0.901. The molecule has 1 heterocycles. The Bertz CT molecular complexity index is 528. The molecule has 1 atom stereocenters. The highest BCUT2D eigenvalue weighted by molar-refractivity contribution is 7.91. The van der Waals surface area contributed by atoms with Crippen molar-refractivity contribution in [3.8, 4) is 5.75 Å². The molecule has 0 saturated carbocycles. The molecule has 0 aromatic heterocycles. The average molecular weight is 297 g/mol. The Hall–Kier alpha value is -1.07. The van der Waals surface area contributed by atoms with Crippen molar-refractivity contribution in [1.82, 2.24) is 5.32 Å². The minimum absolute atomic E-state index is 0.321. The number of likely N-dealkylation sites (N-methyl/N-ethyl adjacent to an activating group) is 1. The van der Waals surface area contributed by atoms with Crippen molar-refractivity contribution in [2.24, 2.45) is 5.92 Å². The summed E-state index contributed by atoms with van der Waals surface area (Å²) in [6, 6.07) is 8.10. The fourth-order valence-corrected chi connectivity index (χ4v) is 4.49. The van der Waals surface area contributed by atoms with E-state index in [0.717, 1.165) is 25.1 Å². The predicted octanol–water partition coefficient (Wildman–Crippen LogP) is 1.82. The van der Waals surface area contributed by atoms with Crippen LogP contribution in [0.15, 0.2) is 24.3 Å². The van der Waals surface area contributed by atoms with E-state index in [4.69, 9.17) is 4.74 Å². The van der Waals surface area contributed by atoms with E-state index in [-0.39, 0.29) is 0 Å². The third-order valence-electron chi connectivity index (χ3n) is 4.11. The molecule has 1 saturated heterocycles. The van der Waals surface area contributed by atoms with Crippen LogP contribution < -0.4 is 10.1 Å². The number of rotatable bonds is 5. The number of sulfone groups is 1. The van der Waals surface area contributed by atoms with E-state index in [1.165, 1.54) is 5.56 Å². The van der Waals surface area contributed by atoms with Crippen LogP contribution >= 0.6 is 0 Å². The van der Waals surface area contributed by atoms with Crippen LogP contribution in [0.2, 0.25) is 0 Å². The Morgan fingerprint density at radius 2 is 2.05 bits per heavy atom. The third-order valence-corrected chi connectivity index (χ3v) is 5.83. The second-order valence-corrected chi connectivity index (χ2v) is 7.73. The van der Waals surface area contributed by atoms with E-state index in [1.807, 2.05) is 19.2 Å². The zero-order chi connectivity index (χ0) is 14.6. The molecule has 1 aromatic rings. The van der Waals surface area contributed by atoms with Crippen LogP contribution in [-0.2, 0) is 9.84 Å². The first-order valence-electron chi connectivity index (χ1n) is 7.04. The normalized spacial score (nSPS) is 20.5. The lowest BCUT2D eigenvalue weighted by Gasteiger charge is -2.30. The van der Waals surface area contributed by atoms with Gasteiger partial charge in [-0.3, -0.25) is 0 Å². The van der Waals surface area contributed by atoms with Crippen molar-refractivity contribution >= 4 is 9.84 Å². The molecule has 0 spiro atoms. The predicted molar refractivity (Wildman–Crippen MR) is 81.0 cm³/mol. The molecular formula is C15H23NO3S. The van der Waals surface area contributed by atoms with Crippen LogP contribution in [0, 0.1) is 5.92 Å². The number of hydrogen-bond acceptors (Lipinski definition) is 4. The van der Waals surface area contributed by atoms with Crippen molar-refractivity contribution in [2.75, 3.05) is 32.2 Å². The number of nitrogens with one attached hydrogen (secondary N) is 1. The van der Waals surface area contributed by atoms with Crippen LogP contribution in [0.5, 0.6) is 5.75 Å². The maximum absolute atomic E-state index is 11.6. The Labute approximate surface area is 121 Å². The smallest absolute Gasteiger partial charge is 0.150 e. The minimum Gasteiger partial charge on any atom is -0.497 e. The van der Waals surface area contributed by atoms with Crippen LogP contribution in [0.25, 0.3) is 0 Å². The summed E-state index contributed by atoms with van der Waals surface area (Å²) in [5, 5.41) is 3.23. The van der Waals surface area contributed by atoms with Crippen LogP contribution in [0.4, 0.5) is 0 Å². The molecule has 1 aliphatic rings. The third kappa shape index (κ3) is 3.73. The molecule has 0 bridgehead atoms. The van der Waals surface area contributed by atoms with Gasteiger partial charge in [0, 0.05) is 6.54 Å². The lowest BCUT2D eigenvalue weighted by Crippen LogP contribution is -2.31. The summed E-state index contributed by atoms with van der Waals surface area (Å²) in [6.07, 6.45) is 1.51. The highest BCUT2D eigenvalue weighted by Crippen LogP contribution is 2.34. The first-order chi connectivity index (χ1) is 9.55. The van der Waals surface area contributed by atoms with E-state index in [2.05, 4.69) is 17.4 Å². The van der Waals surface area contributed by atoms with E-state index in [0.29, 0.717) is 23.3 Å². The summed E-state index contributed by atoms with van der Waals surface area (Å²) in [4.78, 5) is 0. The van der Waals surface area contributed by atoms with Gasteiger partial charge in [-0.05, 0) is 49.4 Å². The molecule has 20 heavy (non-hydrogen) atoms. The van der Waals surface area contributed by atoms with Gasteiger partial charge in [0.25, 0.3) is 0 Å². The van der Waals surface area contributed by atoms with Gasteiger partial charge in [0.05, 0.1) is 18.6 Å². The van der Waals surface area contributed by atoms with Crippen LogP contribution in [-0.4, -0.2) is 40.6 Å². The van der Waals surface area contributed by atoms with Gasteiger partial charge in [0.2, 0.25) is 0 Å². The van der Waals surface area contributed by atoms with Crippen molar-refractivity contribution in [3.63, 3.8) is 0 Å². The van der Waals surface area contributed by atoms with Gasteiger partial charge in [-0.2, -0.15) is 0 Å². The van der Waals surface area contributed by atoms with E-state index < -0.39 is 9.84 Å². The lowest BCUT2D eigenvalue weighted by molar-refractivity contribution is 0.373. The highest BCUT2D eigenvalue weighted by atomic mass is 32.2. The molecule has 1 unspecified atom stereocenters. The van der Waals surface area contributed by atoms with Crippen LogP contribution in [0.3, 0.4) is 0 Å². The molecule has 112 valence electrons. The van der Waals surface area contributed by atoms with Gasteiger partial charge >= 0.3 is 0 Å². The molecule has 1 aromatic carbocycles. The summed E-state index contributed by atoms with van der Waals surface area (Å²) in [7, 11) is 0.799. The molecule has 5 heteroatoms. The van der Waals surface area contributed by atoms with Gasteiger partial charge in [-0.15, -0.1) is 0 Å². The van der Waals surface area contributed by atoms with E-state index in [9.17, 15) is 8.42 Å². The Balaban J connectivity index is 2.18. The first-order valence-corrected chi connectivity index (χ1v) is 8.87. The summed E-state index contributed by atoms with van der Waals surface area (Å²) in [5.41, 5.74) is 1.22. The molecule has 1 aliphatic heterocycles. The fraction of sp³-hybridized carbons (Fsp3) is 0.600. The zero-order valence-electron chi connectivity index (χ0n) is 12.1. The molecule has 1 N–H and O–H groups in total. The van der Waals surface area contributed by atoms with E-state index in [1.54, 1.807) is 7.11 Å². The molecule has 0 aliphatic carbocycles. The first kappa shape index (κ1) is 15.3. The van der Waals surface area contributed by atoms with Gasteiger partial charge in [-0.25, -0.2) is 8.42 Å². The summed E-state index contributed by atoms with van der Waals surface area (Å²) in [5.74, 6) is 2.25. The zero-order valence-corrected chi connectivity index (χ0v) is 12.9. The molecule has 0 amide bonds. The standard InChI is InChI=1S/C15H23NO3S/c1-16-11-15(12-6-8-20(17,18)9-7-12)13-4-3-5-14(10-13)19-2/h3-5,10,12,15-16H,6-9,11H2,1-2H3. The Kier molecular flexibility index (Phi) is 5.05. The number of methoxy groups -OCH3 is 1. The van der Waals surface area contributed by atoms with Gasteiger partial charge in [0.15, 0.2) is 0 Å². The van der Waals surface area contributed by atoms with Crippen LogP contribution in [0.1, 0.15) is 24.3 Å². The summed E-state index contributed by atoms with van der Waals surface area (Å²) >= 11 is 0. The van der Waals surface area contributed by atoms with Crippen molar-refractivity contribution in [1.29, 1.82) is 0 Å². The fourth-order valence-electron chi connectivity index (χ4n) is 2.96. The summed E-state index contributed by atoms with van der Waals surface area (Å²) < 4.78 is 28.4. The topological polar surface area (TPSA) is 55.4 Å². The van der Waals surface area contributed by atoms with Crippen molar-refractivity contribution in [2.45, 2.75) is 18.8 Å². The Morgan fingerprint density at radius 3 is 2.65 bits per heavy atom. The molecular weight excluding hydrogens is 274 g/mol. The van der Waals surface area contributed by atoms with Crippen molar-refractivity contribution < 1.29 is 13.2 Å². The number of benzene rings is 1. The van der Waals surface area contributed by atoms with E-state index >= 15 is 0 Å².